The second-order valence-electron chi connectivity index (χ2n) is 7.81. The Morgan fingerprint density at radius 3 is 2.23 bits per heavy atom. The number of rotatable bonds is 9. The van der Waals surface area contributed by atoms with Gasteiger partial charge in [0, 0.05) is 48.4 Å². The maximum absolute atomic E-state index is 12.3. The minimum Gasteiger partial charge on any atom is -0.356 e. The molecule has 1 aliphatic heterocycles. The molecule has 0 aromatic heterocycles. The fraction of sp³-hybridized carbons (Fsp3) is 0.417. The number of anilines is 1. The number of amides is 2. The maximum Gasteiger partial charge on any atom is 0.255 e. The van der Waals surface area contributed by atoms with E-state index < -0.39 is 0 Å². The first-order valence-electron chi connectivity index (χ1n) is 10.9. The highest BCUT2D eigenvalue weighted by Gasteiger charge is 2.14. The standard InChI is InChI=1S/C24H31BrN4O2/c1-2-28-14-16-29(17-15-28)13-3-12-26-23(30)18-19-4-10-22(11-5-19)27-24(31)20-6-8-21(25)9-7-20/h4-11H,2-3,12-18H2,1H3,(H,26,30)(H,27,31). The van der Waals surface area contributed by atoms with E-state index in [1.54, 1.807) is 12.1 Å². The molecular formula is C24H31BrN4O2. The van der Waals surface area contributed by atoms with Crippen LogP contribution in [-0.2, 0) is 11.2 Å². The zero-order chi connectivity index (χ0) is 22.1. The quantitative estimate of drug-likeness (QED) is 0.533. The van der Waals surface area contributed by atoms with E-state index in [0.717, 1.165) is 55.7 Å². The van der Waals surface area contributed by atoms with E-state index >= 15 is 0 Å². The Labute approximate surface area is 193 Å². The lowest BCUT2D eigenvalue weighted by molar-refractivity contribution is -0.120. The van der Waals surface area contributed by atoms with Crippen molar-refractivity contribution in [3.63, 3.8) is 0 Å². The average molecular weight is 487 g/mol. The lowest BCUT2D eigenvalue weighted by atomic mass is 10.1. The molecule has 166 valence electrons. The molecular weight excluding hydrogens is 456 g/mol. The number of hydrogen-bond acceptors (Lipinski definition) is 4. The highest BCUT2D eigenvalue weighted by Crippen LogP contribution is 2.14. The summed E-state index contributed by atoms with van der Waals surface area (Å²) in [5.74, 6) is -0.128. The second-order valence-corrected chi connectivity index (χ2v) is 8.73. The van der Waals surface area contributed by atoms with Gasteiger partial charge in [-0.05, 0) is 61.5 Å². The topological polar surface area (TPSA) is 64.7 Å². The summed E-state index contributed by atoms with van der Waals surface area (Å²) >= 11 is 3.36. The van der Waals surface area contributed by atoms with Crippen LogP contribution in [0.4, 0.5) is 5.69 Å². The summed E-state index contributed by atoms with van der Waals surface area (Å²) in [5.41, 5.74) is 2.23. The summed E-state index contributed by atoms with van der Waals surface area (Å²) in [6.07, 6.45) is 1.31. The van der Waals surface area contributed by atoms with Crippen LogP contribution in [0, 0.1) is 0 Å². The van der Waals surface area contributed by atoms with Gasteiger partial charge < -0.3 is 20.4 Å². The normalized spacial score (nSPS) is 14.9. The van der Waals surface area contributed by atoms with E-state index in [1.165, 1.54) is 0 Å². The molecule has 0 atom stereocenters. The third-order valence-electron chi connectivity index (χ3n) is 5.57. The lowest BCUT2D eigenvalue weighted by Gasteiger charge is -2.33. The van der Waals surface area contributed by atoms with Gasteiger partial charge in [0.2, 0.25) is 5.91 Å². The predicted octanol–water partition coefficient (Wildman–Crippen LogP) is 3.39. The fourth-order valence-electron chi connectivity index (χ4n) is 3.62. The molecule has 0 radical (unpaired) electrons. The molecule has 1 saturated heterocycles. The number of carbonyl (C=O) groups excluding carboxylic acids is 2. The zero-order valence-electron chi connectivity index (χ0n) is 18.1. The number of nitrogens with one attached hydrogen (secondary N) is 2. The van der Waals surface area contributed by atoms with Crippen LogP contribution in [0.3, 0.4) is 0 Å². The zero-order valence-corrected chi connectivity index (χ0v) is 19.7. The van der Waals surface area contributed by atoms with Crippen molar-refractivity contribution in [2.45, 2.75) is 19.8 Å². The van der Waals surface area contributed by atoms with Crippen LogP contribution in [0.2, 0.25) is 0 Å². The Hall–Kier alpha value is -2.22. The van der Waals surface area contributed by atoms with Gasteiger partial charge >= 0.3 is 0 Å². The molecule has 1 aliphatic rings. The third kappa shape index (κ3) is 7.76. The van der Waals surface area contributed by atoms with Gasteiger partial charge in [0.1, 0.15) is 0 Å². The number of likely N-dealkylation sites (N-methyl/N-ethyl adjacent to an activating group) is 1. The number of carbonyl (C=O) groups is 2. The van der Waals surface area contributed by atoms with Crippen molar-refractivity contribution < 1.29 is 9.59 Å². The second kappa shape index (κ2) is 12.0. The maximum atomic E-state index is 12.3. The molecule has 6 nitrogen and oxygen atoms in total. The molecule has 2 aromatic rings. The molecule has 0 unspecified atom stereocenters. The molecule has 0 spiro atoms. The number of piperazine rings is 1. The minimum absolute atomic E-state index is 0.0300. The van der Waals surface area contributed by atoms with Crippen LogP contribution in [0.5, 0.6) is 0 Å². The van der Waals surface area contributed by atoms with Crippen LogP contribution >= 0.6 is 15.9 Å². The first kappa shape index (κ1) is 23.4. The molecule has 7 heteroatoms. The first-order chi connectivity index (χ1) is 15.0. The lowest BCUT2D eigenvalue weighted by Crippen LogP contribution is -2.46. The Morgan fingerprint density at radius 2 is 1.58 bits per heavy atom. The van der Waals surface area contributed by atoms with Gasteiger partial charge in [-0.1, -0.05) is 35.0 Å². The largest absolute Gasteiger partial charge is 0.356 e. The summed E-state index contributed by atoms with van der Waals surface area (Å²) in [6.45, 7) is 9.59. The Bertz CT molecular complexity index is 847. The molecule has 0 saturated carbocycles. The van der Waals surface area contributed by atoms with E-state index in [-0.39, 0.29) is 11.8 Å². The van der Waals surface area contributed by atoms with Crippen LogP contribution < -0.4 is 10.6 Å². The number of nitrogens with zero attached hydrogens (tertiary/aromatic N) is 2. The molecule has 1 fully saturated rings. The molecule has 0 aliphatic carbocycles. The van der Waals surface area contributed by atoms with Gasteiger partial charge in [0.05, 0.1) is 6.42 Å². The van der Waals surface area contributed by atoms with Gasteiger partial charge in [-0.2, -0.15) is 0 Å². The SMILES string of the molecule is CCN1CCN(CCCNC(=O)Cc2ccc(NC(=O)c3ccc(Br)cc3)cc2)CC1. The molecule has 3 rings (SSSR count). The van der Waals surface area contributed by atoms with Gasteiger partial charge in [0.15, 0.2) is 0 Å². The highest BCUT2D eigenvalue weighted by atomic mass is 79.9. The summed E-state index contributed by atoms with van der Waals surface area (Å²) < 4.78 is 0.932. The summed E-state index contributed by atoms with van der Waals surface area (Å²) in [5, 5.41) is 5.89. The number of hydrogen-bond donors (Lipinski definition) is 2. The van der Waals surface area contributed by atoms with Crippen molar-refractivity contribution in [2.24, 2.45) is 0 Å². The molecule has 0 bridgehead atoms. The van der Waals surface area contributed by atoms with Crippen LogP contribution in [0.15, 0.2) is 53.0 Å². The van der Waals surface area contributed by atoms with Crippen molar-refractivity contribution in [1.29, 1.82) is 0 Å². The van der Waals surface area contributed by atoms with Crippen molar-refractivity contribution >= 4 is 33.4 Å². The highest BCUT2D eigenvalue weighted by molar-refractivity contribution is 9.10. The van der Waals surface area contributed by atoms with Gasteiger partial charge in [-0.25, -0.2) is 0 Å². The fourth-order valence-corrected chi connectivity index (χ4v) is 3.88. The Morgan fingerprint density at radius 1 is 0.935 bits per heavy atom. The smallest absolute Gasteiger partial charge is 0.255 e. The third-order valence-corrected chi connectivity index (χ3v) is 6.10. The Kier molecular flexibility index (Phi) is 9.06. The summed E-state index contributed by atoms with van der Waals surface area (Å²) in [4.78, 5) is 29.4. The predicted molar refractivity (Wildman–Crippen MR) is 128 cm³/mol. The van der Waals surface area contributed by atoms with E-state index in [9.17, 15) is 9.59 Å². The monoisotopic (exact) mass is 486 g/mol. The van der Waals surface area contributed by atoms with Crippen LogP contribution in [0.25, 0.3) is 0 Å². The molecule has 2 amide bonds. The van der Waals surface area contributed by atoms with E-state index in [4.69, 9.17) is 0 Å². The molecule has 2 N–H and O–H groups in total. The molecule has 31 heavy (non-hydrogen) atoms. The Balaban J connectivity index is 1.35. The van der Waals surface area contributed by atoms with Crippen molar-refractivity contribution in [2.75, 3.05) is 51.1 Å². The van der Waals surface area contributed by atoms with E-state index in [0.29, 0.717) is 24.2 Å². The average Bonchev–Trinajstić information content (AvgIpc) is 2.79. The first-order valence-corrected chi connectivity index (χ1v) is 11.7. The van der Waals surface area contributed by atoms with E-state index in [2.05, 4.69) is 43.3 Å². The molecule has 1 heterocycles. The minimum atomic E-state index is -0.158. The summed E-state index contributed by atoms with van der Waals surface area (Å²) in [6, 6.07) is 14.6. The molecule has 2 aromatic carbocycles. The van der Waals surface area contributed by atoms with Crippen molar-refractivity contribution in [1.82, 2.24) is 15.1 Å². The van der Waals surface area contributed by atoms with E-state index in [1.807, 2.05) is 36.4 Å². The number of benzene rings is 2. The van der Waals surface area contributed by atoms with Gasteiger partial charge in [-0.15, -0.1) is 0 Å². The van der Waals surface area contributed by atoms with Gasteiger partial charge in [-0.3, -0.25) is 9.59 Å². The number of halogens is 1. The van der Waals surface area contributed by atoms with Crippen LogP contribution in [0.1, 0.15) is 29.3 Å². The van der Waals surface area contributed by atoms with Gasteiger partial charge in [0.25, 0.3) is 5.91 Å². The van der Waals surface area contributed by atoms with Crippen LogP contribution in [-0.4, -0.2) is 67.4 Å². The van der Waals surface area contributed by atoms with Crippen molar-refractivity contribution in [3.05, 3.63) is 64.1 Å². The van der Waals surface area contributed by atoms with Crippen molar-refractivity contribution in [3.8, 4) is 0 Å². The summed E-state index contributed by atoms with van der Waals surface area (Å²) in [7, 11) is 0.